The number of ether oxygens (including phenoxy) is 3. The number of hydrogen-bond donors (Lipinski definition) is 2. The van der Waals surface area contributed by atoms with E-state index in [2.05, 4.69) is 10.2 Å². The number of amides is 2. The number of rotatable bonds is 11. The molecule has 2 aromatic carbocycles. The fourth-order valence-electron chi connectivity index (χ4n) is 4.11. The maximum atomic E-state index is 13.0. The van der Waals surface area contributed by atoms with E-state index in [9.17, 15) is 9.59 Å². The van der Waals surface area contributed by atoms with Gasteiger partial charge in [0.15, 0.2) is 11.5 Å². The van der Waals surface area contributed by atoms with Crippen LogP contribution in [0.4, 0.5) is 5.69 Å². The first kappa shape index (κ1) is 25.4. The number of carbonyl (C=O) groups is 2. The standard InChI is InChI=1S/C26H35N3O5/c1-4-32-22-14-20(15-23(33-5-2)24(22)34-6-3)26(31)28-21-11-9-18(10-12-21)16-29-13-7-8-19(17-29)25(27)30/h9-12,14-15,19H,4-8,13,16-17H2,1-3H3,(H2,27,30)(H,28,31). The number of nitrogens with zero attached hydrogens (tertiary/aromatic N) is 1. The zero-order chi connectivity index (χ0) is 24.5. The van der Waals surface area contributed by atoms with Crippen LogP contribution >= 0.6 is 0 Å². The summed E-state index contributed by atoms with van der Waals surface area (Å²) in [7, 11) is 0. The number of carbonyl (C=O) groups excluding carboxylic acids is 2. The van der Waals surface area contributed by atoms with Crippen molar-refractivity contribution in [3.63, 3.8) is 0 Å². The van der Waals surface area contributed by atoms with Crippen LogP contribution in [0.1, 0.15) is 49.5 Å². The predicted molar refractivity (Wildman–Crippen MR) is 132 cm³/mol. The minimum Gasteiger partial charge on any atom is -0.490 e. The molecule has 1 saturated heterocycles. The molecule has 184 valence electrons. The molecule has 1 unspecified atom stereocenters. The van der Waals surface area contributed by atoms with Gasteiger partial charge in [0.1, 0.15) is 0 Å². The van der Waals surface area contributed by atoms with Gasteiger partial charge in [-0.15, -0.1) is 0 Å². The fraction of sp³-hybridized carbons (Fsp3) is 0.462. The summed E-state index contributed by atoms with van der Waals surface area (Å²) in [6.07, 6.45) is 1.83. The molecule has 1 aliphatic rings. The summed E-state index contributed by atoms with van der Waals surface area (Å²) < 4.78 is 17.1. The molecule has 0 saturated carbocycles. The minimum absolute atomic E-state index is 0.0791. The summed E-state index contributed by atoms with van der Waals surface area (Å²) in [5.41, 5.74) is 7.71. The molecule has 34 heavy (non-hydrogen) atoms. The van der Waals surface area contributed by atoms with Crippen LogP contribution in [0.15, 0.2) is 36.4 Å². The lowest BCUT2D eigenvalue weighted by molar-refractivity contribution is -0.123. The Morgan fingerprint density at radius 3 is 2.18 bits per heavy atom. The molecule has 1 atom stereocenters. The normalized spacial score (nSPS) is 16.0. The number of primary amides is 1. The molecule has 2 amide bonds. The molecule has 1 aliphatic heterocycles. The molecule has 0 spiro atoms. The van der Waals surface area contributed by atoms with Gasteiger partial charge < -0.3 is 25.3 Å². The quantitative estimate of drug-likeness (QED) is 0.518. The van der Waals surface area contributed by atoms with Crippen LogP contribution in [0.3, 0.4) is 0 Å². The van der Waals surface area contributed by atoms with Gasteiger partial charge >= 0.3 is 0 Å². The maximum absolute atomic E-state index is 13.0. The third-order valence-electron chi connectivity index (χ3n) is 5.70. The van der Waals surface area contributed by atoms with Crippen LogP contribution in [-0.2, 0) is 11.3 Å². The van der Waals surface area contributed by atoms with Crippen LogP contribution in [-0.4, -0.2) is 49.6 Å². The summed E-state index contributed by atoms with van der Waals surface area (Å²) >= 11 is 0. The van der Waals surface area contributed by atoms with Gasteiger partial charge in [0.2, 0.25) is 11.7 Å². The highest BCUT2D eigenvalue weighted by Crippen LogP contribution is 2.39. The minimum atomic E-state index is -0.266. The summed E-state index contributed by atoms with van der Waals surface area (Å²) in [5.74, 6) is 0.890. The second-order valence-corrected chi connectivity index (χ2v) is 8.23. The van der Waals surface area contributed by atoms with Crippen LogP contribution in [0.5, 0.6) is 17.2 Å². The van der Waals surface area contributed by atoms with E-state index in [-0.39, 0.29) is 17.7 Å². The molecular weight excluding hydrogens is 434 g/mol. The molecule has 8 heteroatoms. The number of nitrogens with one attached hydrogen (secondary N) is 1. The summed E-state index contributed by atoms with van der Waals surface area (Å²) in [5, 5.41) is 2.94. The first-order chi connectivity index (χ1) is 16.4. The number of likely N-dealkylation sites (tertiary alicyclic amines) is 1. The van der Waals surface area contributed by atoms with Crippen molar-refractivity contribution in [2.45, 2.75) is 40.2 Å². The fourth-order valence-corrected chi connectivity index (χ4v) is 4.11. The van der Waals surface area contributed by atoms with Crippen LogP contribution in [0, 0.1) is 5.92 Å². The number of benzene rings is 2. The Morgan fingerprint density at radius 2 is 1.62 bits per heavy atom. The maximum Gasteiger partial charge on any atom is 0.255 e. The first-order valence-corrected chi connectivity index (χ1v) is 11.9. The van der Waals surface area contributed by atoms with Gasteiger partial charge in [-0.3, -0.25) is 14.5 Å². The smallest absolute Gasteiger partial charge is 0.255 e. The Balaban J connectivity index is 1.69. The molecule has 2 aromatic rings. The van der Waals surface area contributed by atoms with E-state index >= 15 is 0 Å². The summed E-state index contributed by atoms with van der Waals surface area (Å²) in [4.78, 5) is 26.7. The van der Waals surface area contributed by atoms with E-state index in [4.69, 9.17) is 19.9 Å². The Kier molecular flexibility index (Phi) is 9.16. The lowest BCUT2D eigenvalue weighted by atomic mass is 9.97. The zero-order valence-electron chi connectivity index (χ0n) is 20.3. The van der Waals surface area contributed by atoms with Gasteiger partial charge in [-0.25, -0.2) is 0 Å². The molecule has 1 fully saturated rings. The van der Waals surface area contributed by atoms with Gasteiger partial charge in [-0.2, -0.15) is 0 Å². The summed E-state index contributed by atoms with van der Waals surface area (Å²) in [6, 6.07) is 11.1. The van der Waals surface area contributed by atoms with Gasteiger partial charge in [0, 0.05) is 24.3 Å². The van der Waals surface area contributed by atoms with Crippen molar-refractivity contribution in [1.29, 1.82) is 0 Å². The van der Waals surface area contributed by atoms with Gasteiger partial charge in [0.05, 0.1) is 25.7 Å². The van der Waals surface area contributed by atoms with Gasteiger partial charge in [-0.1, -0.05) is 12.1 Å². The van der Waals surface area contributed by atoms with E-state index in [1.807, 2.05) is 45.0 Å². The van der Waals surface area contributed by atoms with E-state index in [0.717, 1.165) is 31.5 Å². The van der Waals surface area contributed by atoms with E-state index < -0.39 is 0 Å². The molecule has 0 radical (unpaired) electrons. The van der Waals surface area contributed by atoms with E-state index in [0.29, 0.717) is 54.9 Å². The number of piperidine rings is 1. The Morgan fingerprint density at radius 1 is 1.00 bits per heavy atom. The second kappa shape index (κ2) is 12.3. The second-order valence-electron chi connectivity index (χ2n) is 8.23. The Bertz CT molecular complexity index is 950. The van der Waals surface area contributed by atoms with Crippen LogP contribution in [0.2, 0.25) is 0 Å². The monoisotopic (exact) mass is 469 g/mol. The molecule has 0 aromatic heterocycles. The molecule has 3 N–H and O–H groups in total. The zero-order valence-corrected chi connectivity index (χ0v) is 20.3. The van der Waals surface area contributed by atoms with E-state index in [1.165, 1.54) is 0 Å². The van der Waals surface area contributed by atoms with Crippen LogP contribution < -0.4 is 25.3 Å². The molecular formula is C26H35N3O5. The van der Waals surface area contributed by atoms with Crippen molar-refractivity contribution in [3.8, 4) is 17.2 Å². The van der Waals surface area contributed by atoms with Crippen molar-refractivity contribution < 1.29 is 23.8 Å². The Labute approximate surface area is 201 Å². The third kappa shape index (κ3) is 6.63. The van der Waals surface area contributed by atoms with Crippen molar-refractivity contribution in [2.24, 2.45) is 11.7 Å². The SMILES string of the molecule is CCOc1cc(C(=O)Nc2ccc(CN3CCCC(C(N)=O)C3)cc2)cc(OCC)c1OCC. The highest BCUT2D eigenvalue weighted by molar-refractivity contribution is 6.05. The van der Waals surface area contributed by atoms with Crippen LogP contribution in [0.25, 0.3) is 0 Å². The van der Waals surface area contributed by atoms with Crippen molar-refractivity contribution in [3.05, 3.63) is 47.5 Å². The lowest BCUT2D eigenvalue weighted by Crippen LogP contribution is -2.40. The highest BCUT2D eigenvalue weighted by atomic mass is 16.5. The number of anilines is 1. The van der Waals surface area contributed by atoms with Gasteiger partial charge in [-0.05, 0) is 70.0 Å². The average molecular weight is 470 g/mol. The van der Waals surface area contributed by atoms with Crippen molar-refractivity contribution in [2.75, 3.05) is 38.2 Å². The molecule has 0 bridgehead atoms. The topological polar surface area (TPSA) is 103 Å². The Hall–Kier alpha value is -3.26. The van der Waals surface area contributed by atoms with Crippen molar-refractivity contribution >= 4 is 17.5 Å². The third-order valence-corrected chi connectivity index (χ3v) is 5.70. The predicted octanol–water partition coefficient (Wildman–Crippen LogP) is 3.83. The average Bonchev–Trinajstić information content (AvgIpc) is 2.82. The summed E-state index contributed by atoms with van der Waals surface area (Å²) in [6.45, 7) is 9.36. The molecule has 1 heterocycles. The molecule has 8 nitrogen and oxygen atoms in total. The number of hydrogen-bond acceptors (Lipinski definition) is 6. The highest BCUT2D eigenvalue weighted by Gasteiger charge is 2.24. The molecule has 3 rings (SSSR count). The molecule has 0 aliphatic carbocycles. The lowest BCUT2D eigenvalue weighted by Gasteiger charge is -2.31. The van der Waals surface area contributed by atoms with Crippen molar-refractivity contribution in [1.82, 2.24) is 4.90 Å². The largest absolute Gasteiger partial charge is 0.490 e. The van der Waals surface area contributed by atoms with E-state index in [1.54, 1.807) is 12.1 Å². The first-order valence-electron chi connectivity index (χ1n) is 11.9. The number of nitrogens with two attached hydrogens (primary N) is 1. The van der Waals surface area contributed by atoms with Gasteiger partial charge in [0.25, 0.3) is 5.91 Å².